The molecule has 21 heavy (non-hydrogen) atoms. The fraction of sp³-hybridized carbons (Fsp3) is 0.357. The van der Waals surface area contributed by atoms with Crippen LogP contribution in [-0.4, -0.2) is 20.9 Å². The Morgan fingerprint density at radius 2 is 2.00 bits per heavy atom. The van der Waals surface area contributed by atoms with Gasteiger partial charge in [-0.25, -0.2) is 4.79 Å². The zero-order valence-electron chi connectivity index (χ0n) is 11.6. The maximum Gasteiger partial charge on any atom is 0.329 e. The third kappa shape index (κ3) is 2.06. The van der Waals surface area contributed by atoms with Crippen LogP contribution in [0.2, 0.25) is 5.02 Å². The second kappa shape index (κ2) is 4.73. The molecule has 1 N–H and O–H groups in total. The van der Waals surface area contributed by atoms with Crippen LogP contribution >= 0.6 is 11.6 Å². The summed E-state index contributed by atoms with van der Waals surface area (Å²) in [5, 5.41) is 2.78. The average Bonchev–Trinajstić information content (AvgIpc) is 2.63. The molecule has 2 heterocycles. The highest BCUT2D eigenvalue weighted by atomic mass is 35.5. The number of fused-ring (bicyclic) bond motifs is 1. The summed E-state index contributed by atoms with van der Waals surface area (Å²) in [4.78, 5) is 35.8. The van der Waals surface area contributed by atoms with Crippen LogP contribution in [0, 0.1) is 6.92 Å². The van der Waals surface area contributed by atoms with E-state index < -0.39 is 11.9 Å². The number of amides is 2. The molecule has 1 unspecified atom stereocenters. The Morgan fingerprint density at radius 3 is 2.67 bits per heavy atom. The number of carbonyl (C=O) groups is 2. The van der Waals surface area contributed by atoms with Gasteiger partial charge in [0.1, 0.15) is 6.04 Å². The smallest absolute Gasteiger partial charge is 0.295 e. The number of piperidine rings is 1. The van der Waals surface area contributed by atoms with Gasteiger partial charge in [-0.05, 0) is 31.0 Å². The number of halogens is 1. The third-order valence-corrected chi connectivity index (χ3v) is 4.07. The molecule has 0 aliphatic carbocycles. The molecule has 1 aromatic heterocycles. The van der Waals surface area contributed by atoms with E-state index in [9.17, 15) is 14.4 Å². The van der Waals surface area contributed by atoms with Crippen LogP contribution in [-0.2, 0) is 16.6 Å². The maximum atomic E-state index is 12.5. The van der Waals surface area contributed by atoms with Crippen molar-refractivity contribution in [2.75, 3.05) is 0 Å². The first-order valence-electron chi connectivity index (χ1n) is 6.61. The Kier molecular flexibility index (Phi) is 3.13. The van der Waals surface area contributed by atoms with E-state index in [0.717, 1.165) is 11.1 Å². The molecule has 0 bridgehead atoms. The minimum Gasteiger partial charge on any atom is -0.295 e. The minimum absolute atomic E-state index is 0.221. The Hall–Kier alpha value is -2.08. The minimum atomic E-state index is -0.684. The van der Waals surface area contributed by atoms with E-state index in [2.05, 4.69) is 5.32 Å². The van der Waals surface area contributed by atoms with Gasteiger partial charge in [-0.2, -0.15) is 0 Å². The molecule has 0 radical (unpaired) electrons. The second-order valence-corrected chi connectivity index (χ2v) is 5.71. The van der Waals surface area contributed by atoms with Crippen molar-refractivity contribution in [1.29, 1.82) is 0 Å². The van der Waals surface area contributed by atoms with Crippen LogP contribution in [0.1, 0.15) is 24.4 Å². The highest BCUT2D eigenvalue weighted by Gasteiger charge is 2.31. The molecular weight excluding hydrogens is 294 g/mol. The zero-order chi connectivity index (χ0) is 15.3. The molecular formula is C14H14ClN3O3. The van der Waals surface area contributed by atoms with Crippen molar-refractivity contribution in [2.24, 2.45) is 7.05 Å². The van der Waals surface area contributed by atoms with E-state index in [1.807, 2.05) is 6.92 Å². The number of aryl methyl sites for hydroxylation is 2. The number of aromatic nitrogens is 2. The first-order chi connectivity index (χ1) is 9.90. The van der Waals surface area contributed by atoms with Crippen LogP contribution in [0.3, 0.4) is 0 Å². The second-order valence-electron chi connectivity index (χ2n) is 5.27. The van der Waals surface area contributed by atoms with Gasteiger partial charge in [0.05, 0.1) is 11.0 Å². The van der Waals surface area contributed by atoms with Gasteiger partial charge in [-0.3, -0.25) is 24.0 Å². The molecule has 2 aromatic rings. The van der Waals surface area contributed by atoms with Crippen molar-refractivity contribution in [1.82, 2.24) is 14.5 Å². The van der Waals surface area contributed by atoms with Gasteiger partial charge < -0.3 is 0 Å². The molecule has 1 aliphatic heterocycles. The van der Waals surface area contributed by atoms with E-state index in [1.165, 1.54) is 9.13 Å². The number of hydrogen-bond acceptors (Lipinski definition) is 3. The lowest BCUT2D eigenvalue weighted by Crippen LogP contribution is -2.44. The number of nitrogens with one attached hydrogen (secondary N) is 1. The van der Waals surface area contributed by atoms with Crippen molar-refractivity contribution >= 4 is 34.4 Å². The summed E-state index contributed by atoms with van der Waals surface area (Å²) in [5.41, 5.74) is 1.93. The van der Waals surface area contributed by atoms with E-state index in [1.54, 1.807) is 19.2 Å². The van der Waals surface area contributed by atoms with Crippen LogP contribution in [0.25, 0.3) is 11.0 Å². The number of nitrogens with zero attached hydrogens (tertiary/aromatic N) is 2. The molecule has 110 valence electrons. The predicted molar refractivity (Wildman–Crippen MR) is 78.3 cm³/mol. The van der Waals surface area contributed by atoms with Gasteiger partial charge >= 0.3 is 5.69 Å². The Labute approximate surface area is 125 Å². The average molecular weight is 308 g/mol. The number of rotatable bonds is 1. The first kappa shape index (κ1) is 13.9. The monoisotopic (exact) mass is 307 g/mol. The van der Waals surface area contributed by atoms with E-state index in [0.29, 0.717) is 17.0 Å². The molecule has 1 aromatic carbocycles. The molecule has 1 saturated heterocycles. The van der Waals surface area contributed by atoms with Crippen molar-refractivity contribution < 1.29 is 9.59 Å². The largest absolute Gasteiger partial charge is 0.329 e. The van der Waals surface area contributed by atoms with Gasteiger partial charge in [0, 0.05) is 18.5 Å². The number of carbonyl (C=O) groups excluding carboxylic acids is 2. The number of hydrogen-bond donors (Lipinski definition) is 1. The van der Waals surface area contributed by atoms with Crippen LogP contribution in [0.15, 0.2) is 16.9 Å². The molecule has 3 rings (SSSR count). The fourth-order valence-corrected chi connectivity index (χ4v) is 3.19. The van der Waals surface area contributed by atoms with Crippen LogP contribution in [0.5, 0.6) is 0 Å². The Morgan fingerprint density at radius 1 is 1.29 bits per heavy atom. The van der Waals surface area contributed by atoms with Gasteiger partial charge in [-0.15, -0.1) is 0 Å². The first-order valence-corrected chi connectivity index (χ1v) is 6.98. The zero-order valence-corrected chi connectivity index (χ0v) is 12.4. The molecule has 1 aliphatic rings. The Bertz CT molecular complexity index is 834. The molecule has 1 atom stereocenters. The van der Waals surface area contributed by atoms with E-state index >= 15 is 0 Å². The molecule has 0 spiro atoms. The van der Waals surface area contributed by atoms with Crippen LogP contribution < -0.4 is 11.0 Å². The SMILES string of the molecule is Cc1cc(Cl)cc2c1n(C)c(=O)n2C1CCC(=O)NC1=O. The normalized spacial score (nSPS) is 19.1. The van der Waals surface area contributed by atoms with Crippen molar-refractivity contribution in [3.8, 4) is 0 Å². The van der Waals surface area contributed by atoms with Crippen molar-refractivity contribution in [3.63, 3.8) is 0 Å². The summed E-state index contributed by atoms with van der Waals surface area (Å²) in [6.07, 6.45) is 0.536. The summed E-state index contributed by atoms with van der Waals surface area (Å²) in [7, 11) is 1.66. The summed E-state index contributed by atoms with van der Waals surface area (Å²) < 4.78 is 2.93. The maximum absolute atomic E-state index is 12.5. The van der Waals surface area contributed by atoms with E-state index in [4.69, 9.17) is 11.6 Å². The van der Waals surface area contributed by atoms with Gasteiger partial charge in [0.25, 0.3) is 0 Å². The van der Waals surface area contributed by atoms with Crippen molar-refractivity contribution in [3.05, 3.63) is 33.2 Å². The number of imidazole rings is 1. The highest BCUT2D eigenvalue weighted by Crippen LogP contribution is 2.27. The standard InChI is InChI=1S/C14H14ClN3O3/c1-7-5-8(15)6-10-12(7)17(2)14(21)18(10)9-3-4-11(19)16-13(9)20/h5-6,9H,3-4H2,1-2H3,(H,16,19,20). The summed E-state index contributed by atoms with van der Waals surface area (Å²) in [5.74, 6) is -0.753. The topological polar surface area (TPSA) is 73.1 Å². The molecule has 7 heteroatoms. The number of imide groups is 1. The lowest BCUT2D eigenvalue weighted by Gasteiger charge is -2.22. The molecule has 2 amide bonds. The highest BCUT2D eigenvalue weighted by molar-refractivity contribution is 6.31. The van der Waals surface area contributed by atoms with Gasteiger partial charge in [0.15, 0.2) is 0 Å². The number of benzene rings is 1. The summed E-state index contributed by atoms with van der Waals surface area (Å²) in [6, 6.07) is 2.77. The van der Waals surface area contributed by atoms with E-state index in [-0.39, 0.29) is 18.0 Å². The molecule has 1 fully saturated rings. The van der Waals surface area contributed by atoms with Gasteiger partial charge in [-0.1, -0.05) is 11.6 Å². The fourth-order valence-electron chi connectivity index (χ4n) is 2.93. The summed E-state index contributed by atoms with van der Waals surface area (Å²) >= 11 is 6.08. The third-order valence-electron chi connectivity index (χ3n) is 3.85. The Balaban J connectivity index is 2.28. The van der Waals surface area contributed by atoms with Crippen molar-refractivity contribution in [2.45, 2.75) is 25.8 Å². The summed E-state index contributed by atoms with van der Waals surface area (Å²) in [6.45, 7) is 1.86. The lowest BCUT2D eigenvalue weighted by molar-refractivity contribution is -0.135. The predicted octanol–water partition coefficient (Wildman–Crippen LogP) is 1.28. The van der Waals surface area contributed by atoms with Gasteiger partial charge in [0.2, 0.25) is 11.8 Å². The lowest BCUT2D eigenvalue weighted by atomic mass is 10.1. The van der Waals surface area contributed by atoms with Crippen LogP contribution in [0.4, 0.5) is 0 Å². The quantitative estimate of drug-likeness (QED) is 0.807. The molecule has 0 saturated carbocycles. The molecule has 6 nitrogen and oxygen atoms in total.